The fraction of sp³-hybridized carbons (Fsp3) is 0.423. The molecule has 0 aromatic heterocycles. The van der Waals surface area contributed by atoms with Gasteiger partial charge in [0.15, 0.2) is 0 Å². The molecule has 0 saturated carbocycles. The lowest BCUT2D eigenvalue weighted by atomic mass is 9.97. The van der Waals surface area contributed by atoms with Gasteiger partial charge in [0.2, 0.25) is 5.91 Å². The summed E-state index contributed by atoms with van der Waals surface area (Å²) in [4.78, 5) is 38.9. The number of carboxylic acid groups (broad SMARTS) is 1. The summed E-state index contributed by atoms with van der Waals surface area (Å²) in [6, 6.07) is 16.2. The Morgan fingerprint density at radius 2 is 1.64 bits per heavy atom. The summed E-state index contributed by atoms with van der Waals surface area (Å²) < 4.78 is 5.62. The molecule has 3 atom stereocenters. The minimum absolute atomic E-state index is 0.0671. The first-order chi connectivity index (χ1) is 15.7. The van der Waals surface area contributed by atoms with Gasteiger partial charge in [0.25, 0.3) is 0 Å². The number of carbonyl (C=O) groups excluding carboxylic acids is 2. The minimum atomic E-state index is -1.17. The number of hydrogen-bond donors (Lipinski definition) is 2. The van der Waals surface area contributed by atoms with Crippen molar-refractivity contribution < 1.29 is 24.2 Å². The summed E-state index contributed by atoms with van der Waals surface area (Å²) in [5.74, 6) is -1.98. The predicted octanol–water partition coefficient (Wildman–Crippen LogP) is 3.87. The highest BCUT2D eigenvalue weighted by Gasteiger charge is 2.44. The van der Waals surface area contributed by atoms with E-state index in [4.69, 9.17) is 4.74 Å². The Kier molecular flexibility index (Phi) is 6.15. The molecule has 4 rings (SSSR count). The van der Waals surface area contributed by atoms with E-state index >= 15 is 0 Å². The molecule has 2 amide bonds. The lowest BCUT2D eigenvalue weighted by molar-refractivity contribution is -0.142. The number of carboxylic acids is 1. The van der Waals surface area contributed by atoms with Crippen LogP contribution in [0, 0.1) is 11.8 Å². The molecule has 1 saturated heterocycles. The Morgan fingerprint density at radius 1 is 1.06 bits per heavy atom. The number of rotatable bonds is 6. The van der Waals surface area contributed by atoms with E-state index in [2.05, 4.69) is 17.4 Å². The number of nitrogens with zero attached hydrogens (tertiary/aromatic N) is 1. The van der Waals surface area contributed by atoms with Gasteiger partial charge in [-0.15, -0.1) is 0 Å². The van der Waals surface area contributed by atoms with E-state index in [0.29, 0.717) is 13.0 Å². The fourth-order valence-corrected chi connectivity index (χ4v) is 4.96. The molecule has 0 radical (unpaired) electrons. The molecule has 2 aliphatic rings. The van der Waals surface area contributed by atoms with Gasteiger partial charge in [-0.2, -0.15) is 0 Å². The smallest absolute Gasteiger partial charge is 0.408 e. The normalized spacial score (nSPS) is 21.1. The Hall–Kier alpha value is -3.35. The summed E-state index contributed by atoms with van der Waals surface area (Å²) in [6.45, 7) is 5.98. The van der Waals surface area contributed by atoms with Gasteiger partial charge in [-0.1, -0.05) is 62.4 Å². The second-order valence-electron chi connectivity index (χ2n) is 9.27. The van der Waals surface area contributed by atoms with E-state index in [1.165, 1.54) is 4.90 Å². The molecule has 0 spiro atoms. The van der Waals surface area contributed by atoms with Gasteiger partial charge in [0, 0.05) is 19.0 Å². The van der Waals surface area contributed by atoms with Crippen LogP contribution >= 0.6 is 0 Å². The fourth-order valence-electron chi connectivity index (χ4n) is 4.96. The summed E-state index contributed by atoms with van der Waals surface area (Å²) >= 11 is 0. The van der Waals surface area contributed by atoms with Crippen LogP contribution in [-0.4, -0.2) is 53.2 Å². The second-order valence-corrected chi connectivity index (χ2v) is 9.27. The average molecular weight is 451 g/mol. The third kappa shape index (κ3) is 4.19. The number of aliphatic carboxylic acids is 1. The number of amides is 2. The molecular formula is C26H30N2O5. The monoisotopic (exact) mass is 450 g/mol. The molecule has 0 bridgehead atoms. The van der Waals surface area contributed by atoms with E-state index in [-0.39, 0.29) is 30.9 Å². The number of nitrogens with one attached hydrogen (secondary N) is 1. The van der Waals surface area contributed by atoms with Gasteiger partial charge >= 0.3 is 12.1 Å². The van der Waals surface area contributed by atoms with Crippen molar-refractivity contribution in [2.24, 2.45) is 11.8 Å². The maximum Gasteiger partial charge on any atom is 0.408 e. The lowest BCUT2D eigenvalue weighted by Gasteiger charge is -2.32. The van der Waals surface area contributed by atoms with Gasteiger partial charge in [-0.25, -0.2) is 4.79 Å². The molecule has 2 N–H and O–H groups in total. The minimum Gasteiger partial charge on any atom is -0.481 e. The zero-order valence-corrected chi connectivity index (χ0v) is 19.2. The number of benzene rings is 2. The Morgan fingerprint density at radius 3 is 2.15 bits per heavy atom. The highest BCUT2D eigenvalue weighted by atomic mass is 16.5. The highest BCUT2D eigenvalue weighted by Crippen LogP contribution is 2.44. The first-order valence-electron chi connectivity index (χ1n) is 11.4. The van der Waals surface area contributed by atoms with Crippen LogP contribution in [0.4, 0.5) is 4.79 Å². The van der Waals surface area contributed by atoms with E-state index in [1.54, 1.807) is 6.92 Å². The van der Waals surface area contributed by atoms with Crippen LogP contribution in [0.15, 0.2) is 48.5 Å². The molecule has 1 unspecified atom stereocenters. The zero-order chi connectivity index (χ0) is 23.8. The largest absolute Gasteiger partial charge is 0.481 e. The summed E-state index contributed by atoms with van der Waals surface area (Å²) in [7, 11) is 0. The molecule has 1 aliphatic heterocycles. The predicted molar refractivity (Wildman–Crippen MR) is 124 cm³/mol. The van der Waals surface area contributed by atoms with Crippen LogP contribution in [-0.2, 0) is 14.3 Å². The number of fused-ring (bicyclic) bond motifs is 3. The topological polar surface area (TPSA) is 95.9 Å². The second kappa shape index (κ2) is 8.89. The first-order valence-corrected chi connectivity index (χ1v) is 11.4. The lowest BCUT2D eigenvalue weighted by Crippen LogP contribution is -2.57. The number of likely N-dealkylation sites (tertiary alicyclic amines) is 1. The Bertz CT molecular complexity index is 1040. The highest BCUT2D eigenvalue weighted by molar-refractivity contribution is 5.90. The van der Waals surface area contributed by atoms with Crippen LogP contribution in [0.2, 0.25) is 0 Å². The maximum absolute atomic E-state index is 13.2. The van der Waals surface area contributed by atoms with E-state index < -0.39 is 23.5 Å². The van der Waals surface area contributed by atoms with Gasteiger partial charge in [-0.3, -0.25) is 9.59 Å². The molecule has 2 aromatic rings. The quantitative estimate of drug-likeness (QED) is 0.697. The van der Waals surface area contributed by atoms with E-state index in [1.807, 2.05) is 50.2 Å². The number of hydrogen-bond acceptors (Lipinski definition) is 4. The van der Waals surface area contributed by atoms with Crippen molar-refractivity contribution in [3.63, 3.8) is 0 Å². The maximum atomic E-state index is 13.2. The van der Waals surface area contributed by atoms with Crippen LogP contribution in [0.3, 0.4) is 0 Å². The van der Waals surface area contributed by atoms with Crippen molar-refractivity contribution in [2.45, 2.75) is 38.6 Å². The molecule has 7 nitrogen and oxygen atoms in total. The third-order valence-corrected chi connectivity index (χ3v) is 7.12. The Balaban J connectivity index is 1.43. The van der Waals surface area contributed by atoms with Crippen molar-refractivity contribution in [1.29, 1.82) is 0 Å². The molecule has 1 aliphatic carbocycles. The first kappa shape index (κ1) is 22.8. The summed E-state index contributed by atoms with van der Waals surface area (Å²) in [6.07, 6.45) is -0.296. The molecular weight excluding hydrogens is 420 g/mol. The van der Waals surface area contributed by atoms with Gasteiger partial charge in [0.1, 0.15) is 12.1 Å². The van der Waals surface area contributed by atoms with Gasteiger partial charge < -0.3 is 20.1 Å². The van der Waals surface area contributed by atoms with Crippen molar-refractivity contribution >= 4 is 18.0 Å². The standard InChI is InChI=1S/C26H30N2O5/c1-4-26(3,24(31)28-13-16(2)21(14-28)23(29)30)27-25(32)33-15-22-19-11-7-5-9-17(19)18-10-6-8-12-20(18)22/h5-12,16,21-22H,4,13-15H2,1-3H3,(H,27,32)(H,29,30)/t16-,21-,26?/m0/s1. The van der Waals surface area contributed by atoms with E-state index in [0.717, 1.165) is 22.3 Å². The van der Waals surface area contributed by atoms with Crippen molar-refractivity contribution in [3.8, 4) is 11.1 Å². The molecule has 7 heteroatoms. The number of alkyl carbamates (subject to hydrolysis) is 1. The molecule has 2 aromatic carbocycles. The summed E-state index contributed by atoms with van der Waals surface area (Å²) in [5.41, 5.74) is 3.35. The zero-order valence-electron chi connectivity index (χ0n) is 19.2. The van der Waals surface area contributed by atoms with Crippen LogP contribution in [0.5, 0.6) is 0 Å². The summed E-state index contributed by atoms with van der Waals surface area (Å²) in [5, 5.41) is 12.1. The number of carbonyl (C=O) groups is 3. The van der Waals surface area contributed by atoms with Gasteiger partial charge in [0.05, 0.1) is 5.92 Å². The van der Waals surface area contributed by atoms with Crippen molar-refractivity contribution in [3.05, 3.63) is 59.7 Å². The molecule has 1 fully saturated rings. The molecule has 1 heterocycles. The van der Waals surface area contributed by atoms with Gasteiger partial charge in [-0.05, 0) is 41.5 Å². The Labute approximate surface area is 193 Å². The third-order valence-electron chi connectivity index (χ3n) is 7.12. The SMILES string of the molecule is CCC(C)(NC(=O)OCC1c2ccccc2-c2ccccc21)C(=O)N1C[C@H](C(=O)O)[C@@H](C)C1. The van der Waals surface area contributed by atoms with Crippen LogP contribution in [0.25, 0.3) is 11.1 Å². The molecule has 174 valence electrons. The van der Waals surface area contributed by atoms with E-state index in [9.17, 15) is 19.5 Å². The van der Waals surface area contributed by atoms with Crippen LogP contribution in [0.1, 0.15) is 44.2 Å². The average Bonchev–Trinajstić information content (AvgIpc) is 3.35. The van der Waals surface area contributed by atoms with Crippen LogP contribution < -0.4 is 5.32 Å². The molecule has 33 heavy (non-hydrogen) atoms. The number of ether oxygens (including phenoxy) is 1. The van der Waals surface area contributed by atoms with Crippen molar-refractivity contribution in [1.82, 2.24) is 10.2 Å². The van der Waals surface area contributed by atoms with Crippen molar-refractivity contribution in [2.75, 3.05) is 19.7 Å².